The number of benzene rings is 3. The Morgan fingerprint density at radius 1 is 0.974 bits per heavy atom. The summed E-state index contributed by atoms with van der Waals surface area (Å²) >= 11 is 1.37. The summed E-state index contributed by atoms with van der Waals surface area (Å²) in [4.78, 5) is 33.5. The first kappa shape index (κ1) is 26.6. The van der Waals surface area contributed by atoms with Crippen LogP contribution in [-0.2, 0) is 15.0 Å². The SMILES string of the molecule is COc1ccc(/C(O)=C2\C(=O)C(=O)N(c3nc4c(C)cc(C)cc4s3)[C@H]2c2ccc(C(C)(C)C)cc2)cc1C. The molecule has 1 saturated heterocycles. The number of aliphatic hydroxyl groups is 1. The van der Waals surface area contributed by atoms with Gasteiger partial charge in [0.25, 0.3) is 5.78 Å². The summed E-state index contributed by atoms with van der Waals surface area (Å²) in [5, 5.41) is 11.9. The quantitative estimate of drug-likeness (QED) is 0.169. The van der Waals surface area contributed by atoms with E-state index in [4.69, 9.17) is 9.72 Å². The molecule has 0 aliphatic carbocycles. The van der Waals surface area contributed by atoms with Crippen molar-refractivity contribution in [3.05, 3.63) is 93.6 Å². The second-order valence-corrected chi connectivity index (χ2v) is 12.2. The third-order valence-electron chi connectivity index (χ3n) is 7.23. The van der Waals surface area contributed by atoms with Crippen molar-refractivity contribution in [3.63, 3.8) is 0 Å². The molecule has 6 nitrogen and oxygen atoms in total. The van der Waals surface area contributed by atoms with E-state index >= 15 is 0 Å². The number of amides is 1. The van der Waals surface area contributed by atoms with Gasteiger partial charge in [0.05, 0.1) is 28.9 Å². The van der Waals surface area contributed by atoms with Gasteiger partial charge in [0, 0.05) is 5.56 Å². The summed E-state index contributed by atoms with van der Waals surface area (Å²) in [5.74, 6) is -1.00. The van der Waals surface area contributed by atoms with Crippen LogP contribution in [0.25, 0.3) is 16.0 Å². The Morgan fingerprint density at radius 3 is 2.28 bits per heavy atom. The molecule has 39 heavy (non-hydrogen) atoms. The van der Waals surface area contributed by atoms with Gasteiger partial charge in [-0.15, -0.1) is 0 Å². The van der Waals surface area contributed by atoms with E-state index in [1.54, 1.807) is 25.3 Å². The Hall–Kier alpha value is -3.97. The minimum atomic E-state index is -0.830. The van der Waals surface area contributed by atoms with Gasteiger partial charge in [-0.25, -0.2) is 4.98 Å². The lowest BCUT2D eigenvalue weighted by Crippen LogP contribution is -2.29. The predicted octanol–water partition coefficient (Wildman–Crippen LogP) is 7.15. The van der Waals surface area contributed by atoms with Crippen LogP contribution in [0.1, 0.15) is 60.2 Å². The van der Waals surface area contributed by atoms with E-state index in [0.29, 0.717) is 16.4 Å². The van der Waals surface area contributed by atoms with Crippen LogP contribution in [0.4, 0.5) is 5.13 Å². The topological polar surface area (TPSA) is 79.7 Å². The van der Waals surface area contributed by atoms with Crippen LogP contribution in [0.2, 0.25) is 0 Å². The highest BCUT2D eigenvalue weighted by Gasteiger charge is 2.48. The molecule has 7 heteroatoms. The van der Waals surface area contributed by atoms with Gasteiger partial charge >= 0.3 is 5.91 Å². The summed E-state index contributed by atoms with van der Waals surface area (Å²) in [6.07, 6.45) is 0. The number of carbonyl (C=O) groups excluding carboxylic acids is 2. The van der Waals surface area contributed by atoms with E-state index < -0.39 is 17.7 Å². The second kappa shape index (κ2) is 9.65. The fourth-order valence-electron chi connectivity index (χ4n) is 5.15. The molecule has 1 aliphatic heterocycles. The van der Waals surface area contributed by atoms with Crippen molar-refractivity contribution < 1.29 is 19.4 Å². The van der Waals surface area contributed by atoms with Gasteiger partial charge in [-0.2, -0.15) is 0 Å². The first-order chi connectivity index (χ1) is 18.4. The molecule has 0 unspecified atom stereocenters. The number of aliphatic hydroxyl groups excluding tert-OH is 1. The van der Waals surface area contributed by atoms with E-state index in [1.165, 1.54) is 16.2 Å². The average Bonchev–Trinajstić information content (AvgIpc) is 3.41. The van der Waals surface area contributed by atoms with Crippen LogP contribution in [0.15, 0.2) is 60.2 Å². The van der Waals surface area contributed by atoms with Crippen molar-refractivity contribution in [2.45, 2.75) is 53.0 Å². The predicted molar refractivity (Wildman–Crippen MR) is 157 cm³/mol. The number of rotatable bonds is 4. The summed E-state index contributed by atoms with van der Waals surface area (Å²) in [7, 11) is 1.58. The van der Waals surface area contributed by atoms with Gasteiger partial charge in [0.15, 0.2) is 5.13 Å². The molecule has 1 aromatic heterocycles. The Bertz CT molecular complexity index is 1660. The van der Waals surface area contributed by atoms with Gasteiger partial charge in [0.1, 0.15) is 11.5 Å². The van der Waals surface area contributed by atoms with Crippen molar-refractivity contribution in [2.24, 2.45) is 0 Å². The lowest BCUT2D eigenvalue weighted by atomic mass is 9.85. The van der Waals surface area contributed by atoms with Crippen molar-refractivity contribution in [3.8, 4) is 5.75 Å². The molecular weight excluding hydrogens is 508 g/mol. The smallest absolute Gasteiger partial charge is 0.301 e. The number of aromatic nitrogens is 1. The normalized spacial score (nSPS) is 17.3. The minimum absolute atomic E-state index is 0.0419. The van der Waals surface area contributed by atoms with Crippen LogP contribution in [0.3, 0.4) is 0 Å². The molecule has 0 bridgehead atoms. The zero-order valence-corrected chi connectivity index (χ0v) is 24.1. The van der Waals surface area contributed by atoms with E-state index in [0.717, 1.165) is 38.0 Å². The van der Waals surface area contributed by atoms with Crippen LogP contribution in [0.5, 0.6) is 5.75 Å². The second-order valence-electron chi connectivity index (χ2n) is 11.2. The lowest BCUT2D eigenvalue weighted by molar-refractivity contribution is -0.132. The molecule has 0 saturated carbocycles. The number of ether oxygens (including phenoxy) is 1. The molecule has 1 N–H and O–H groups in total. The summed E-state index contributed by atoms with van der Waals surface area (Å²) < 4.78 is 6.30. The fraction of sp³-hybridized carbons (Fsp3) is 0.281. The molecule has 1 amide bonds. The third kappa shape index (κ3) is 4.61. The first-order valence-corrected chi connectivity index (χ1v) is 13.7. The largest absolute Gasteiger partial charge is 0.507 e. The summed E-state index contributed by atoms with van der Waals surface area (Å²) in [5.41, 5.74) is 5.97. The van der Waals surface area contributed by atoms with E-state index in [2.05, 4.69) is 26.8 Å². The number of ketones is 1. The van der Waals surface area contributed by atoms with E-state index in [9.17, 15) is 14.7 Å². The zero-order chi connectivity index (χ0) is 28.2. The monoisotopic (exact) mass is 540 g/mol. The van der Waals surface area contributed by atoms with Crippen LogP contribution in [0, 0.1) is 20.8 Å². The Kier molecular flexibility index (Phi) is 6.59. The van der Waals surface area contributed by atoms with Gasteiger partial charge < -0.3 is 9.84 Å². The maximum absolute atomic E-state index is 13.6. The molecule has 200 valence electrons. The number of hydrogen-bond donors (Lipinski definition) is 1. The van der Waals surface area contributed by atoms with Gasteiger partial charge in [-0.1, -0.05) is 62.4 Å². The molecule has 1 aliphatic rings. The number of carbonyl (C=O) groups is 2. The molecule has 5 rings (SSSR count). The third-order valence-corrected chi connectivity index (χ3v) is 8.23. The van der Waals surface area contributed by atoms with Crippen LogP contribution >= 0.6 is 11.3 Å². The lowest BCUT2D eigenvalue weighted by Gasteiger charge is -2.25. The molecule has 0 radical (unpaired) electrons. The Balaban J connectivity index is 1.73. The molecule has 1 atom stereocenters. The number of hydrogen-bond acceptors (Lipinski definition) is 6. The summed E-state index contributed by atoms with van der Waals surface area (Å²) in [6, 6.07) is 16.3. The maximum Gasteiger partial charge on any atom is 0.301 e. The number of Topliss-reactive ketones (excluding diaryl/α,β-unsaturated/α-hetero) is 1. The number of fused-ring (bicyclic) bond motifs is 1. The zero-order valence-electron chi connectivity index (χ0n) is 23.2. The number of methoxy groups -OCH3 is 1. The Labute approximate surface area is 232 Å². The highest BCUT2D eigenvalue weighted by Crippen LogP contribution is 2.45. The number of thiazole rings is 1. The van der Waals surface area contributed by atoms with Gasteiger partial charge in [-0.3, -0.25) is 14.5 Å². The molecule has 3 aromatic carbocycles. The highest BCUT2D eigenvalue weighted by molar-refractivity contribution is 7.22. The molecule has 4 aromatic rings. The molecule has 0 spiro atoms. The van der Waals surface area contributed by atoms with E-state index in [-0.39, 0.29) is 16.7 Å². The van der Waals surface area contributed by atoms with E-state index in [1.807, 2.05) is 51.1 Å². The fourth-order valence-corrected chi connectivity index (χ4v) is 6.32. The molecule has 2 heterocycles. The standard InChI is InChI=1S/C32H32N2O4S/c1-17-14-19(3)26-24(15-17)39-31(33-26)34-27(20-8-11-22(12-9-20)32(4,5)6)25(29(36)30(34)37)28(35)21-10-13-23(38-7)18(2)16-21/h8-16,27,35H,1-7H3/b28-25+/t27-/m0/s1. The molecular formula is C32H32N2O4S. The van der Waals surface area contributed by atoms with Gasteiger partial charge in [0.2, 0.25) is 0 Å². The number of aryl methyl sites for hydroxylation is 3. The number of nitrogens with zero attached hydrogens (tertiary/aromatic N) is 2. The van der Waals surface area contributed by atoms with Crippen LogP contribution in [-0.4, -0.2) is 28.9 Å². The Morgan fingerprint density at radius 2 is 1.67 bits per heavy atom. The number of anilines is 1. The maximum atomic E-state index is 13.6. The van der Waals surface area contributed by atoms with Gasteiger partial charge in [-0.05, 0) is 78.3 Å². The average molecular weight is 541 g/mol. The van der Waals surface area contributed by atoms with Crippen molar-refractivity contribution in [1.82, 2.24) is 4.98 Å². The minimum Gasteiger partial charge on any atom is -0.507 e. The highest BCUT2D eigenvalue weighted by atomic mass is 32.1. The summed E-state index contributed by atoms with van der Waals surface area (Å²) in [6.45, 7) is 12.3. The molecule has 1 fully saturated rings. The van der Waals surface area contributed by atoms with Crippen molar-refractivity contribution >= 4 is 44.1 Å². The first-order valence-electron chi connectivity index (χ1n) is 12.8. The van der Waals surface area contributed by atoms with Crippen LogP contribution < -0.4 is 9.64 Å². The van der Waals surface area contributed by atoms with Crippen molar-refractivity contribution in [1.29, 1.82) is 0 Å². The van der Waals surface area contributed by atoms with Crippen molar-refractivity contribution in [2.75, 3.05) is 12.0 Å².